The lowest BCUT2D eigenvalue weighted by atomic mass is 10.1. The van der Waals surface area contributed by atoms with Crippen LogP contribution in [0.4, 0.5) is 0 Å². The van der Waals surface area contributed by atoms with Gasteiger partial charge < -0.3 is 4.90 Å². The Morgan fingerprint density at radius 2 is 1.75 bits per heavy atom. The molecule has 0 aliphatic heterocycles. The molecule has 1 saturated carbocycles. The van der Waals surface area contributed by atoms with E-state index in [1.54, 1.807) is 0 Å². The third-order valence-electron chi connectivity index (χ3n) is 2.49. The molecule has 2 heteroatoms. The summed E-state index contributed by atoms with van der Waals surface area (Å²) in [5.41, 5.74) is 2.01. The molecule has 0 spiro atoms. The molecule has 1 aliphatic rings. The lowest BCUT2D eigenvalue weighted by Crippen LogP contribution is -2.29. The van der Waals surface area contributed by atoms with Crippen molar-refractivity contribution < 1.29 is 4.79 Å². The van der Waals surface area contributed by atoms with Crippen LogP contribution in [0.3, 0.4) is 0 Å². The van der Waals surface area contributed by atoms with Gasteiger partial charge in [-0.25, -0.2) is 0 Å². The maximum absolute atomic E-state index is 11.6. The minimum absolute atomic E-state index is 0.192. The Morgan fingerprint density at radius 1 is 1.25 bits per heavy atom. The molecule has 0 radical (unpaired) electrons. The summed E-state index contributed by atoms with van der Waals surface area (Å²) in [7, 11) is 1.90. The van der Waals surface area contributed by atoms with Crippen LogP contribution in [-0.4, -0.2) is 23.9 Å². The Balaban J connectivity index is 2.63. The molecule has 2 nitrogen and oxygen atoms in total. The van der Waals surface area contributed by atoms with Crippen molar-refractivity contribution in [2.75, 3.05) is 7.05 Å². The molecule has 0 N–H and O–H groups in total. The van der Waals surface area contributed by atoms with E-state index in [1.807, 2.05) is 32.7 Å². The second kappa shape index (κ2) is 3.30. The molecule has 0 heterocycles. The number of likely N-dealkylation sites (N-methyl/N-ethyl adjacent to an activating group) is 1. The SMILES string of the molecule is CC(C)=C(C)C(=O)N(C)C1CC1. The van der Waals surface area contributed by atoms with Crippen LogP contribution in [0.25, 0.3) is 0 Å². The van der Waals surface area contributed by atoms with Gasteiger partial charge in [-0.3, -0.25) is 4.79 Å². The molecule has 1 rings (SSSR count). The van der Waals surface area contributed by atoms with Gasteiger partial charge in [-0.05, 0) is 33.6 Å². The zero-order valence-corrected chi connectivity index (χ0v) is 8.35. The van der Waals surface area contributed by atoms with Crippen molar-refractivity contribution >= 4 is 5.91 Å². The van der Waals surface area contributed by atoms with E-state index >= 15 is 0 Å². The van der Waals surface area contributed by atoms with Crippen molar-refractivity contribution in [2.45, 2.75) is 39.7 Å². The van der Waals surface area contributed by atoms with Gasteiger partial charge in [-0.15, -0.1) is 0 Å². The van der Waals surface area contributed by atoms with Crippen LogP contribution in [0.5, 0.6) is 0 Å². The number of hydrogen-bond donors (Lipinski definition) is 0. The Labute approximate surface area is 74.2 Å². The summed E-state index contributed by atoms with van der Waals surface area (Å²) in [6.45, 7) is 5.86. The van der Waals surface area contributed by atoms with E-state index < -0.39 is 0 Å². The Morgan fingerprint density at radius 3 is 2.08 bits per heavy atom. The maximum atomic E-state index is 11.6. The summed E-state index contributed by atoms with van der Waals surface area (Å²) in [5, 5.41) is 0. The average Bonchev–Trinajstić information content (AvgIpc) is 2.82. The largest absolute Gasteiger partial charge is 0.339 e. The third-order valence-corrected chi connectivity index (χ3v) is 2.49. The average molecular weight is 167 g/mol. The van der Waals surface area contributed by atoms with E-state index in [2.05, 4.69) is 0 Å². The molecule has 0 aromatic heterocycles. The number of rotatable bonds is 2. The van der Waals surface area contributed by atoms with Gasteiger partial charge in [-0.1, -0.05) is 5.57 Å². The number of allylic oxidation sites excluding steroid dienone is 1. The van der Waals surface area contributed by atoms with Crippen molar-refractivity contribution in [1.29, 1.82) is 0 Å². The highest BCUT2D eigenvalue weighted by molar-refractivity contribution is 5.93. The monoisotopic (exact) mass is 167 g/mol. The zero-order chi connectivity index (χ0) is 9.30. The quantitative estimate of drug-likeness (QED) is 0.576. The van der Waals surface area contributed by atoms with Crippen LogP contribution in [0.1, 0.15) is 33.6 Å². The van der Waals surface area contributed by atoms with Crippen LogP contribution in [0.15, 0.2) is 11.1 Å². The van der Waals surface area contributed by atoms with E-state index in [0.717, 1.165) is 11.1 Å². The molecule has 0 aromatic rings. The summed E-state index contributed by atoms with van der Waals surface area (Å²) in [6.07, 6.45) is 2.36. The predicted octanol–water partition coefficient (Wildman–Crippen LogP) is 1.96. The third kappa shape index (κ3) is 1.87. The normalized spacial score (nSPS) is 15.7. The van der Waals surface area contributed by atoms with Gasteiger partial charge in [0.2, 0.25) is 5.91 Å². The highest BCUT2D eigenvalue weighted by atomic mass is 16.2. The van der Waals surface area contributed by atoms with Gasteiger partial charge in [0.05, 0.1) is 0 Å². The highest BCUT2D eigenvalue weighted by Crippen LogP contribution is 2.26. The van der Waals surface area contributed by atoms with E-state index in [1.165, 1.54) is 12.8 Å². The topological polar surface area (TPSA) is 20.3 Å². The molecule has 0 aromatic carbocycles. The van der Waals surface area contributed by atoms with Crippen LogP contribution < -0.4 is 0 Å². The Hall–Kier alpha value is -0.790. The van der Waals surface area contributed by atoms with Gasteiger partial charge in [0.15, 0.2) is 0 Å². The molecule has 0 saturated heterocycles. The molecule has 0 bridgehead atoms. The molecule has 0 unspecified atom stereocenters. The van der Waals surface area contributed by atoms with Crippen molar-refractivity contribution in [1.82, 2.24) is 4.90 Å². The van der Waals surface area contributed by atoms with Crippen molar-refractivity contribution in [3.63, 3.8) is 0 Å². The fourth-order valence-corrected chi connectivity index (χ4v) is 1.11. The van der Waals surface area contributed by atoms with E-state index in [9.17, 15) is 4.79 Å². The predicted molar refractivity (Wildman–Crippen MR) is 49.8 cm³/mol. The highest BCUT2D eigenvalue weighted by Gasteiger charge is 2.29. The molecule has 1 aliphatic carbocycles. The lowest BCUT2D eigenvalue weighted by Gasteiger charge is -2.17. The molecule has 1 fully saturated rings. The summed E-state index contributed by atoms with van der Waals surface area (Å²) < 4.78 is 0. The molecular formula is C10H17NO. The van der Waals surface area contributed by atoms with Crippen LogP contribution in [-0.2, 0) is 4.79 Å². The fourth-order valence-electron chi connectivity index (χ4n) is 1.11. The molecule has 1 amide bonds. The fraction of sp³-hybridized carbons (Fsp3) is 0.700. The minimum Gasteiger partial charge on any atom is -0.339 e. The second-order valence-corrected chi connectivity index (χ2v) is 3.77. The molecule has 0 atom stereocenters. The zero-order valence-electron chi connectivity index (χ0n) is 8.35. The summed E-state index contributed by atoms with van der Waals surface area (Å²) in [6, 6.07) is 0.520. The molecule has 68 valence electrons. The lowest BCUT2D eigenvalue weighted by molar-refractivity contribution is -0.126. The number of carbonyl (C=O) groups excluding carboxylic acids is 1. The van der Waals surface area contributed by atoms with E-state index in [4.69, 9.17) is 0 Å². The first kappa shape index (κ1) is 9.30. The van der Waals surface area contributed by atoms with Gasteiger partial charge >= 0.3 is 0 Å². The standard InChI is InChI=1S/C10H17NO/c1-7(2)8(3)10(12)11(4)9-5-6-9/h9H,5-6H2,1-4H3. The van der Waals surface area contributed by atoms with Crippen LogP contribution in [0, 0.1) is 0 Å². The molecular weight excluding hydrogens is 150 g/mol. The Kier molecular flexibility index (Phi) is 2.55. The second-order valence-electron chi connectivity index (χ2n) is 3.77. The van der Waals surface area contributed by atoms with Crippen molar-refractivity contribution in [2.24, 2.45) is 0 Å². The van der Waals surface area contributed by atoms with E-state index in [0.29, 0.717) is 6.04 Å². The van der Waals surface area contributed by atoms with Crippen LogP contribution >= 0.6 is 0 Å². The molecule has 12 heavy (non-hydrogen) atoms. The van der Waals surface area contributed by atoms with E-state index in [-0.39, 0.29) is 5.91 Å². The summed E-state index contributed by atoms with van der Waals surface area (Å²) in [5.74, 6) is 0.192. The number of amides is 1. The van der Waals surface area contributed by atoms with Gasteiger partial charge in [0.25, 0.3) is 0 Å². The first-order chi connectivity index (χ1) is 5.54. The van der Waals surface area contributed by atoms with Gasteiger partial charge in [0.1, 0.15) is 0 Å². The Bertz CT molecular complexity index is 222. The maximum Gasteiger partial charge on any atom is 0.249 e. The summed E-state index contributed by atoms with van der Waals surface area (Å²) >= 11 is 0. The number of nitrogens with zero attached hydrogens (tertiary/aromatic N) is 1. The van der Waals surface area contributed by atoms with Crippen LogP contribution in [0.2, 0.25) is 0 Å². The first-order valence-corrected chi connectivity index (χ1v) is 4.45. The van der Waals surface area contributed by atoms with Crippen molar-refractivity contribution in [3.05, 3.63) is 11.1 Å². The van der Waals surface area contributed by atoms with Gasteiger partial charge in [0, 0.05) is 18.7 Å². The summed E-state index contributed by atoms with van der Waals surface area (Å²) in [4.78, 5) is 13.5. The number of carbonyl (C=O) groups is 1. The van der Waals surface area contributed by atoms with Gasteiger partial charge in [-0.2, -0.15) is 0 Å². The minimum atomic E-state index is 0.192. The smallest absolute Gasteiger partial charge is 0.249 e. The van der Waals surface area contributed by atoms with Crippen molar-refractivity contribution in [3.8, 4) is 0 Å². The first-order valence-electron chi connectivity index (χ1n) is 4.45. The number of hydrogen-bond acceptors (Lipinski definition) is 1.